The highest BCUT2D eigenvalue weighted by Crippen LogP contribution is 2.35. The van der Waals surface area contributed by atoms with E-state index in [2.05, 4.69) is 15.8 Å². The molecule has 1 heterocycles. The first-order valence-corrected chi connectivity index (χ1v) is 11.8. The van der Waals surface area contributed by atoms with Crippen LogP contribution < -0.4 is 15.5 Å². The van der Waals surface area contributed by atoms with Gasteiger partial charge in [-0.2, -0.15) is 5.10 Å². The number of hydrazone groups is 1. The Hall–Kier alpha value is -4.01. The van der Waals surface area contributed by atoms with Gasteiger partial charge in [0.05, 0.1) is 17.8 Å². The van der Waals surface area contributed by atoms with Gasteiger partial charge in [0.1, 0.15) is 10.6 Å². The number of hydrogen-bond donors (Lipinski definition) is 2. The Morgan fingerprint density at radius 2 is 1.80 bits per heavy atom. The number of aryl methyl sites for hydroxylation is 1. The SMILES string of the molecule is Cc1ccc(C(=O)NCC(=O)NN=Cc2cccc(OC(=O)c3sc4ccccc4c3Cl)c2)cc1. The zero-order valence-electron chi connectivity index (χ0n) is 18.6. The second-order valence-electron chi connectivity index (χ2n) is 7.55. The molecule has 7 nitrogen and oxygen atoms in total. The van der Waals surface area contributed by atoms with Crippen LogP contribution >= 0.6 is 22.9 Å². The zero-order valence-corrected chi connectivity index (χ0v) is 20.2. The molecule has 0 saturated heterocycles. The summed E-state index contributed by atoms with van der Waals surface area (Å²) in [6, 6.07) is 21.2. The summed E-state index contributed by atoms with van der Waals surface area (Å²) in [4.78, 5) is 37.0. The Morgan fingerprint density at radius 3 is 2.57 bits per heavy atom. The van der Waals surface area contributed by atoms with E-state index in [9.17, 15) is 14.4 Å². The Morgan fingerprint density at radius 1 is 1.03 bits per heavy atom. The average molecular weight is 506 g/mol. The number of halogens is 1. The van der Waals surface area contributed by atoms with E-state index < -0.39 is 11.9 Å². The number of nitrogens with zero attached hydrogens (tertiary/aromatic N) is 1. The molecule has 35 heavy (non-hydrogen) atoms. The molecule has 0 aliphatic heterocycles. The Bertz CT molecular complexity index is 1430. The van der Waals surface area contributed by atoms with Crippen molar-refractivity contribution in [1.29, 1.82) is 0 Å². The van der Waals surface area contributed by atoms with Gasteiger partial charge in [-0.15, -0.1) is 11.3 Å². The Balaban J connectivity index is 1.31. The normalized spacial score (nSPS) is 10.9. The number of carbonyl (C=O) groups is 3. The first-order chi connectivity index (χ1) is 16.9. The van der Waals surface area contributed by atoms with Gasteiger partial charge in [-0.3, -0.25) is 9.59 Å². The van der Waals surface area contributed by atoms with Crippen molar-refractivity contribution in [3.63, 3.8) is 0 Å². The predicted molar refractivity (Wildman–Crippen MR) is 137 cm³/mol. The average Bonchev–Trinajstić information content (AvgIpc) is 3.20. The molecule has 176 valence electrons. The van der Waals surface area contributed by atoms with E-state index >= 15 is 0 Å². The molecular formula is C26H20ClN3O4S. The number of benzene rings is 3. The minimum atomic E-state index is -0.553. The summed E-state index contributed by atoms with van der Waals surface area (Å²) < 4.78 is 6.38. The highest BCUT2D eigenvalue weighted by atomic mass is 35.5. The first kappa shape index (κ1) is 24.1. The van der Waals surface area contributed by atoms with E-state index in [0.717, 1.165) is 15.6 Å². The summed E-state index contributed by atoms with van der Waals surface area (Å²) in [6.45, 7) is 1.70. The standard InChI is InChI=1S/C26H20ClN3O4S/c1-16-9-11-18(12-10-16)25(32)28-15-22(31)30-29-14-17-5-4-6-19(13-17)34-26(33)24-23(27)20-7-2-3-8-21(20)35-24/h2-14H,15H2,1H3,(H,28,32)(H,30,31). The predicted octanol–water partition coefficient (Wildman–Crippen LogP) is 4.96. The lowest BCUT2D eigenvalue weighted by Gasteiger charge is -2.05. The lowest BCUT2D eigenvalue weighted by atomic mass is 10.1. The van der Waals surface area contributed by atoms with Crippen molar-refractivity contribution >= 4 is 57.0 Å². The van der Waals surface area contributed by atoms with Crippen molar-refractivity contribution < 1.29 is 19.1 Å². The van der Waals surface area contributed by atoms with Gasteiger partial charge in [0.25, 0.3) is 11.8 Å². The first-order valence-electron chi connectivity index (χ1n) is 10.6. The third-order valence-corrected chi connectivity index (χ3v) is 6.57. The summed E-state index contributed by atoms with van der Waals surface area (Å²) >= 11 is 7.62. The van der Waals surface area contributed by atoms with Crippen LogP contribution in [-0.4, -0.2) is 30.5 Å². The van der Waals surface area contributed by atoms with Crippen LogP contribution in [0.25, 0.3) is 10.1 Å². The number of amides is 2. The Kier molecular flexibility index (Phi) is 7.54. The molecule has 4 aromatic rings. The quantitative estimate of drug-likeness (QED) is 0.160. The van der Waals surface area contributed by atoms with Crippen molar-refractivity contribution in [2.24, 2.45) is 5.10 Å². The van der Waals surface area contributed by atoms with Gasteiger partial charge in [0.2, 0.25) is 0 Å². The number of carbonyl (C=O) groups excluding carboxylic acids is 3. The van der Waals surface area contributed by atoms with Gasteiger partial charge in [-0.1, -0.05) is 59.6 Å². The van der Waals surface area contributed by atoms with Crippen LogP contribution in [0.4, 0.5) is 0 Å². The number of ether oxygens (including phenoxy) is 1. The van der Waals surface area contributed by atoms with Gasteiger partial charge in [-0.05, 0) is 42.8 Å². The molecule has 9 heteroatoms. The highest BCUT2D eigenvalue weighted by Gasteiger charge is 2.19. The fourth-order valence-electron chi connectivity index (χ4n) is 3.14. The monoisotopic (exact) mass is 505 g/mol. The second kappa shape index (κ2) is 10.9. The molecule has 0 atom stereocenters. The number of fused-ring (bicyclic) bond motifs is 1. The van der Waals surface area contributed by atoms with Crippen molar-refractivity contribution in [1.82, 2.24) is 10.7 Å². The van der Waals surface area contributed by atoms with Crippen LogP contribution in [0.3, 0.4) is 0 Å². The molecule has 0 aliphatic carbocycles. The van der Waals surface area contributed by atoms with Crippen LogP contribution in [0.5, 0.6) is 5.75 Å². The minimum absolute atomic E-state index is 0.225. The van der Waals surface area contributed by atoms with Gasteiger partial charge >= 0.3 is 5.97 Å². The maximum atomic E-state index is 12.6. The molecule has 0 fully saturated rings. The Labute approximate surface area is 210 Å². The smallest absolute Gasteiger partial charge is 0.355 e. The van der Waals surface area contributed by atoms with Crippen molar-refractivity contribution in [2.45, 2.75) is 6.92 Å². The van der Waals surface area contributed by atoms with Gasteiger partial charge in [0, 0.05) is 15.6 Å². The van der Waals surface area contributed by atoms with Crippen LogP contribution in [0.15, 0.2) is 77.9 Å². The number of rotatable bonds is 7. The summed E-state index contributed by atoms with van der Waals surface area (Å²) in [5.74, 6) is -1.08. The van der Waals surface area contributed by atoms with Crippen molar-refractivity contribution in [3.05, 3.63) is 99.4 Å². The zero-order chi connectivity index (χ0) is 24.8. The molecule has 2 N–H and O–H groups in total. The van der Waals surface area contributed by atoms with E-state index in [0.29, 0.717) is 26.8 Å². The largest absolute Gasteiger partial charge is 0.422 e. The summed E-state index contributed by atoms with van der Waals surface area (Å²) in [6.07, 6.45) is 1.41. The molecule has 0 spiro atoms. The van der Waals surface area contributed by atoms with Crippen molar-refractivity contribution in [3.8, 4) is 5.75 Å². The molecule has 0 bridgehead atoms. The van der Waals surface area contributed by atoms with Crippen molar-refractivity contribution in [2.75, 3.05) is 6.54 Å². The number of hydrogen-bond acceptors (Lipinski definition) is 6. The van der Waals surface area contributed by atoms with E-state index in [1.54, 1.807) is 36.4 Å². The topological polar surface area (TPSA) is 96.9 Å². The van der Waals surface area contributed by atoms with Gasteiger partial charge in [0.15, 0.2) is 0 Å². The van der Waals surface area contributed by atoms with E-state index in [4.69, 9.17) is 16.3 Å². The summed E-state index contributed by atoms with van der Waals surface area (Å²) in [5.41, 5.74) is 4.45. The fraction of sp³-hybridized carbons (Fsp3) is 0.0769. The van der Waals surface area contributed by atoms with Gasteiger partial charge in [-0.25, -0.2) is 10.2 Å². The van der Waals surface area contributed by atoms with Crippen LogP contribution in [-0.2, 0) is 4.79 Å². The lowest BCUT2D eigenvalue weighted by Crippen LogP contribution is -2.34. The van der Waals surface area contributed by atoms with Crippen LogP contribution in [0.1, 0.15) is 31.2 Å². The molecule has 0 unspecified atom stereocenters. The molecule has 4 rings (SSSR count). The van der Waals surface area contributed by atoms with E-state index in [1.807, 2.05) is 43.3 Å². The highest BCUT2D eigenvalue weighted by molar-refractivity contribution is 7.21. The maximum absolute atomic E-state index is 12.6. The summed E-state index contributed by atoms with van der Waals surface area (Å²) in [5, 5.41) is 7.59. The minimum Gasteiger partial charge on any atom is -0.422 e. The molecule has 0 aliphatic rings. The lowest BCUT2D eigenvalue weighted by molar-refractivity contribution is -0.120. The summed E-state index contributed by atoms with van der Waals surface area (Å²) in [7, 11) is 0. The molecule has 0 radical (unpaired) electrons. The van der Waals surface area contributed by atoms with E-state index in [-0.39, 0.29) is 12.5 Å². The number of thiophene rings is 1. The molecular weight excluding hydrogens is 486 g/mol. The third-order valence-electron chi connectivity index (χ3n) is 4.92. The fourth-order valence-corrected chi connectivity index (χ4v) is 4.53. The number of nitrogens with one attached hydrogen (secondary N) is 2. The molecule has 2 amide bonds. The maximum Gasteiger partial charge on any atom is 0.355 e. The number of esters is 1. The van der Waals surface area contributed by atoms with E-state index in [1.165, 1.54) is 17.6 Å². The second-order valence-corrected chi connectivity index (χ2v) is 8.98. The molecule has 0 saturated carbocycles. The van der Waals surface area contributed by atoms with Crippen LogP contribution in [0, 0.1) is 6.92 Å². The van der Waals surface area contributed by atoms with Crippen LogP contribution in [0.2, 0.25) is 5.02 Å². The molecule has 1 aromatic heterocycles. The third kappa shape index (κ3) is 6.11. The molecule has 3 aromatic carbocycles. The van der Waals surface area contributed by atoms with Gasteiger partial charge < -0.3 is 10.1 Å².